The molecule has 3 rings (SSSR count). The average molecular weight is 426 g/mol. The minimum absolute atomic E-state index is 0.0549. The van der Waals surface area contributed by atoms with Gasteiger partial charge in [-0.25, -0.2) is 5.48 Å². The first-order chi connectivity index (χ1) is 14.7. The molecule has 2 amide bonds. The molecule has 1 fully saturated rings. The average Bonchev–Trinajstić information content (AvgIpc) is 2.76. The normalized spacial score (nSPS) is 15.0. The molecule has 166 valence electrons. The van der Waals surface area contributed by atoms with Gasteiger partial charge in [0.15, 0.2) is 0 Å². The number of hydrogen-bond acceptors (Lipinski definition) is 5. The van der Waals surface area contributed by atoms with Crippen LogP contribution in [0.2, 0.25) is 0 Å². The van der Waals surface area contributed by atoms with Gasteiger partial charge in [0.2, 0.25) is 0 Å². The third kappa shape index (κ3) is 5.83. The lowest BCUT2D eigenvalue weighted by Gasteiger charge is -2.32. The van der Waals surface area contributed by atoms with Crippen LogP contribution in [0, 0.1) is 0 Å². The van der Waals surface area contributed by atoms with E-state index in [2.05, 4.69) is 17.6 Å². The van der Waals surface area contributed by atoms with Crippen LogP contribution in [0.5, 0.6) is 5.75 Å². The predicted octanol–water partition coefficient (Wildman–Crippen LogP) is 3.33. The summed E-state index contributed by atoms with van der Waals surface area (Å²) in [5, 5.41) is 10.3. The summed E-state index contributed by atoms with van der Waals surface area (Å²) in [6.07, 6.45) is 1.74. The molecule has 0 radical (unpaired) electrons. The van der Waals surface area contributed by atoms with Crippen LogP contribution in [0.25, 0.3) is 0 Å². The SMILES string of the molecule is CC(C)(C)ONC(=O)c1ccc(C(=O)N2CCC(c3cccc(CN)c3)CC2)cc1O. The number of hydroxylamine groups is 1. The highest BCUT2D eigenvalue weighted by atomic mass is 16.7. The fraction of sp³-hybridized carbons (Fsp3) is 0.417. The Morgan fingerprint density at radius 1 is 1.16 bits per heavy atom. The van der Waals surface area contributed by atoms with E-state index in [0.717, 1.165) is 18.4 Å². The Balaban J connectivity index is 1.62. The van der Waals surface area contributed by atoms with Gasteiger partial charge in [0.25, 0.3) is 11.8 Å². The molecule has 31 heavy (non-hydrogen) atoms. The summed E-state index contributed by atoms with van der Waals surface area (Å²) in [6, 6.07) is 12.7. The second-order valence-corrected chi connectivity index (χ2v) is 8.89. The van der Waals surface area contributed by atoms with Crippen molar-refractivity contribution in [2.75, 3.05) is 13.1 Å². The summed E-state index contributed by atoms with van der Waals surface area (Å²) in [4.78, 5) is 32.2. The number of nitrogens with two attached hydrogens (primary N) is 1. The van der Waals surface area contributed by atoms with E-state index in [1.54, 1.807) is 31.7 Å². The number of benzene rings is 2. The van der Waals surface area contributed by atoms with Crippen LogP contribution in [-0.2, 0) is 11.4 Å². The molecular weight excluding hydrogens is 394 g/mol. The van der Waals surface area contributed by atoms with E-state index in [-0.39, 0.29) is 17.2 Å². The van der Waals surface area contributed by atoms with Crippen molar-refractivity contribution in [3.63, 3.8) is 0 Å². The summed E-state index contributed by atoms with van der Waals surface area (Å²) in [5.41, 5.74) is 10.3. The number of phenolic OH excluding ortho intramolecular Hbond substituents is 1. The van der Waals surface area contributed by atoms with Crippen molar-refractivity contribution < 1.29 is 19.5 Å². The first-order valence-electron chi connectivity index (χ1n) is 10.6. The zero-order valence-electron chi connectivity index (χ0n) is 18.4. The highest BCUT2D eigenvalue weighted by Crippen LogP contribution is 2.30. The highest BCUT2D eigenvalue weighted by molar-refractivity contribution is 5.99. The lowest BCUT2D eigenvalue weighted by Crippen LogP contribution is -2.38. The molecule has 1 aliphatic heterocycles. The van der Waals surface area contributed by atoms with Gasteiger partial charge in [0.05, 0.1) is 11.2 Å². The van der Waals surface area contributed by atoms with Crippen molar-refractivity contribution >= 4 is 11.8 Å². The van der Waals surface area contributed by atoms with Gasteiger partial charge in [-0.2, -0.15) is 0 Å². The molecule has 1 saturated heterocycles. The number of amides is 2. The van der Waals surface area contributed by atoms with Crippen LogP contribution in [0.1, 0.15) is 71.4 Å². The van der Waals surface area contributed by atoms with Crippen LogP contribution >= 0.6 is 0 Å². The zero-order valence-corrected chi connectivity index (χ0v) is 18.4. The van der Waals surface area contributed by atoms with Gasteiger partial charge in [0.1, 0.15) is 5.75 Å². The monoisotopic (exact) mass is 425 g/mol. The van der Waals surface area contributed by atoms with Crippen LogP contribution in [0.3, 0.4) is 0 Å². The van der Waals surface area contributed by atoms with Crippen molar-refractivity contribution in [2.24, 2.45) is 5.73 Å². The third-order valence-corrected chi connectivity index (χ3v) is 5.38. The molecule has 0 aliphatic carbocycles. The number of likely N-dealkylation sites (tertiary alicyclic amines) is 1. The molecule has 0 saturated carbocycles. The van der Waals surface area contributed by atoms with Gasteiger partial charge >= 0.3 is 0 Å². The third-order valence-electron chi connectivity index (χ3n) is 5.38. The number of nitrogens with one attached hydrogen (secondary N) is 1. The number of carbonyl (C=O) groups is 2. The number of phenols is 1. The smallest absolute Gasteiger partial charge is 0.278 e. The lowest BCUT2D eigenvalue weighted by atomic mass is 9.88. The molecule has 1 heterocycles. The minimum Gasteiger partial charge on any atom is -0.507 e. The maximum Gasteiger partial charge on any atom is 0.278 e. The van der Waals surface area contributed by atoms with E-state index in [1.165, 1.54) is 17.7 Å². The van der Waals surface area contributed by atoms with Gasteiger partial charge in [-0.1, -0.05) is 24.3 Å². The largest absolute Gasteiger partial charge is 0.507 e. The maximum atomic E-state index is 12.9. The summed E-state index contributed by atoms with van der Waals surface area (Å²) < 4.78 is 0. The number of nitrogens with zero attached hydrogens (tertiary/aromatic N) is 1. The van der Waals surface area contributed by atoms with Gasteiger partial charge in [-0.3, -0.25) is 14.4 Å². The van der Waals surface area contributed by atoms with Gasteiger partial charge in [-0.05, 0) is 68.9 Å². The van der Waals surface area contributed by atoms with E-state index in [4.69, 9.17) is 10.6 Å². The number of aromatic hydroxyl groups is 1. The van der Waals surface area contributed by atoms with Crippen molar-refractivity contribution in [3.05, 3.63) is 64.7 Å². The molecule has 7 heteroatoms. The molecule has 4 N–H and O–H groups in total. The van der Waals surface area contributed by atoms with Crippen LogP contribution in [-0.4, -0.2) is 40.5 Å². The number of carbonyl (C=O) groups excluding carboxylic acids is 2. The van der Waals surface area contributed by atoms with Crippen LogP contribution in [0.15, 0.2) is 42.5 Å². The molecule has 2 aromatic carbocycles. The molecule has 1 aliphatic rings. The van der Waals surface area contributed by atoms with Gasteiger partial charge in [-0.15, -0.1) is 0 Å². The summed E-state index contributed by atoms with van der Waals surface area (Å²) in [6.45, 7) is 7.19. The standard InChI is InChI=1S/C24H31N3O4/c1-24(2,3)31-26-22(29)20-8-7-19(14-21(20)28)23(30)27-11-9-17(10-12-27)18-6-4-5-16(13-18)15-25/h4-8,13-14,17,28H,9-12,15,25H2,1-3H3,(H,26,29). The zero-order chi connectivity index (χ0) is 22.6. The van der Waals surface area contributed by atoms with E-state index in [1.807, 2.05) is 12.1 Å². The van der Waals surface area contributed by atoms with E-state index >= 15 is 0 Å². The van der Waals surface area contributed by atoms with E-state index in [9.17, 15) is 14.7 Å². The summed E-state index contributed by atoms with van der Waals surface area (Å²) in [5.74, 6) is -0.568. The summed E-state index contributed by atoms with van der Waals surface area (Å²) in [7, 11) is 0. The molecule has 2 aromatic rings. The fourth-order valence-corrected chi connectivity index (χ4v) is 3.68. The first kappa shape index (κ1) is 22.8. The second kappa shape index (κ2) is 9.49. The highest BCUT2D eigenvalue weighted by Gasteiger charge is 2.26. The Labute approximate surface area is 183 Å². The molecule has 0 bridgehead atoms. The van der Waals surface area contributed by atoms with E-state index in [0.29, 0.717) is 31.1 Å². The topological polar surface area (TPSA) is 105 Å². The Morgan fingerprint density at radius 3 is 2.48 bits per heavy atom. The quantitative estimate of drug-likeness (QED) is 0.638. The predicted molar refractivity (Wildman–Crippen MR) is 119 cm³/mol. The summed E-state index contributed by atoms with van der Waals surface area (Å²) >= 11 is 0. The van der Waals surface area contributed by atoms with Crippen molar-refractivity contribution in [1.29, 1.82) is 0 Å². The number of rotatable bonds is 5. The van der Waals surface area contributed by atoms with Crippen molar-refractivity contribution in [2.45, 2.75) is 51.7 Å². The van der Waals surface area contributed by atoms with Crippen LogP contribution < -0.4 is 11.2 Å². The first-order valence-corrected chi connectivity index (χ1v) is 10.6. The Morgan fingerprint density at radius 2 is 1.87 bits per heavy atom. The Hall–Kier alpha value is -2.90. The van der Waals surface area contributed by atoms with Crippen LogP contribution in [0.4, 0.5) is 0 Å². The maximum absolute atomic E-state index is 12.9. The molecule has 0 atom stereocenters. The number of piperidine rings is 1. The Kier molecular flexibility index (Phi) is 6.97. The lowest BCUT2D eigenvalue weighted by molar-refractivity contribution is -0.0590. The van der Waals surface area contributed by atoms with Gasteiger partial charge in [0, 0.05) is 25.2 Å². The Bertz CT molecular complexity index is 944. The van der Waals surface area contributed by atoms with E-state index < -0.39 is 11.5 Å². The number of hydrogen-bond donors (Lipinski definition) is 3. The minimum atomic E-state index is -0.563. The molecule has 0 spiro atoms. The molecule has 0 aromatic heterocycles. The molecule has 0 unspecified atom stereocenters. The van der Waals surface area contributed by atoms with Crippen molar-refractivity contribution in [3.8, 4) is 5.75 Å². The molecular formula is C24H31N3O4. The fourth-order valence-electron chi connectivity index (χ4n) is 3.68. The molecule has 7 nitrogen and oxygen atoms in total. The van der Waals surface area contributed by atoms with Crippen molar-refractivity contribution in [1.82, 2.24) is 10.4 Å². The second-order valence-electron chi connectivity index (χ2n) is 8.89. The van der Waals surface area contributed by atoms with Gasteiger partial charge < -0.3 is 15.7 Å².